The zero-order chi connectivity index (χ0) is 14.3. The molecule has 0 rings (SSSR count). The number of hydrogen-bond acceptors (Lipinski definition) is 4. The summed E-state index contributed by atoms with van der Waals surface area (Å²) in [5.41, 5.74) is -1.06. The Balaban J connectivity index is 4.51. The summed E-state index contributed by atoms with van der Waals surface area (Å²) in [4.78, 5) is 25.9. The van der Waals surface area contributed by atoms with Crippen LogP contribution in [0.4, 0.5) is 0 Å². The van der Waals surface area contributed by atoms with Crippen LogP contribution in [-0.2, 0) is 14.3 Å². The maximum atomic E-state index is 12.2. The van der Waals surface area contributed by atoms with Crippen LogP contribution in [0.5, 0.6) is 0 Å². The van der Waals surface area contributed by atoms with E-state index in [2.05, 4.69) is 13.8 Å². The molecular formula is C14H27NO3. The van der Waals surface area contributed by atoms with Crippen LogP contribution in [-0.4, -0.2) is 42.9 Å². The van der Waals surface area contributed by atoms with Gasteiger partial charge in [0.05, 0.1) is 13.2 Å². The number of carbonyl (C=O) groups excluding carboxylic acids is 2. The molecular weight excluding hydrogens is 230 g/mol. The van der Waals surface area contributed by atoms with Gasteiger partial charge in [0.1, 0.15) is 5.41 Å². The maximum absolute atomic E-state index is 12.2. The number of rotatable bonds is 8. The molecule has 0 bridgehead atoms. The zero-order valence-corrected chi connectivity index (χ0v) is 12.6. The van der Waals surface area contributed by atoms with E-state index in [4.69, 9.17) is 4.74 Å². The topological polar surface area (TPSA) is 46.6 Å². The lowest BCUT2D eigenvalue weighted by molar-refractivity contribution is -0.158. The number of ketones is 1. The summed E-state index contributed by atoms with van der Waals surface area (Å²) in [5, 5.41) is 0. The first-order chi connectivity index (χ1) is 8.27. The van der Waals surface area contributed by atoms with E-state index in [1.165, 1.54) is 0 Å². The van der Waals surface area contributed by atoms with Gasteiger partial charge in [0, 0.05) is 6.04 Å². The highest BCUT2D eigenvalue weighted by atomic mass is 16.5. The second-order valence-corrected chi connectivity index (χ2v) is 5.32. The molecule has 0 radical (unpaired) electrons. The minimum Gasteiger partial charge on any atom is -0.465 e. The van der Waals surface area contributed by atoms with E-state index in [9.17, 15) is 9.59 Å². The molecule has 0 saturated heterocycles. The van der Waals surface area contributed by atoms with Crippen molar-refractivity contribution in [1.82, 2.24) is 4.90 Å². The molecule has 18 heavy (non-hydrogen) atoms. The number of esters is 1. The third-order valence-electron chi connectivity index (χ3n) is 3.33. The minimum atomic E-state index is -1.06. The van der Waals surface area contributed by atoms with Crippen LogP contribution in [0.2, 0.25) is 0 Å². The molecule has 0 aromatic rings. The third-order valence-corrected chi connectivity index (χ3v) is 3.33. The molecule has 0 fully saturated rings. The van der Waals surface area contributed by atoms with Crippen LogP contribution in [0.25, 0.3) is 0 Å². The van der Waals surface area contributed by atoms with E-state index in [0.29, 0.717) is 12.6 Å². The highest BCUT2D eigenvalue weighted by Gasteiger charge is 2.37. The average Bonchev–Trinajstić information content (AvgIpc) is 2.29. The van der Waals surface area contributed by atoms with E-state index in [-0.39, 0.29) is 12.3 Å². The highest BCUT2D eigenvalue weighted by molar-refractivity contribution is 6.03. The Morgan fingerprint density at radius 3 is 2.28 bits per heavy atom. The van der Waals surface area contributed by atoms with Crippen molar-refractivity contribution in [3.63, 3.8) is 0 Å². The first-order valence-electron chi connectivity index (χ1n) is 6.68. The largest absolute Gasteiger partial charge is 0.465 e. The molecule has 0 N–H and O–H groups in total. The van der Waals surface area contributed by atoms with Crippen molar-refractivity contribution in [2.45, 2.75) is 53.5 Å². The second kappa shape index (κ2) is 7.52. The Bertz CT molecular complexity index is 287. The number of likely N-dealkylation sites (N-methyl/N-ethyl adjacent to an activating group) is 1. The molecule has 1 unspecified atom stereocenters. The molecule has 4 heteroatoms. The van der Waals surface area contributed by atoms with Gasteiger partial charge in [-0.1, -0.05) is 13.3 Å². The standard InChI is InChI=1S/C14H27NO3/c1-7-9-11(3)15(6)10-12(16)14(4,5)13(17)18-8-2/h11H,7-10H2,1-6H3. The van der Waals surface area contributed by atoms with E-state index >= 15 is 0 Å². The van der Waals surface area contributed by atoms with E-state index in [1.54, 1.807) is 20.8 Å². The van der Waals surface area contributed by atoms with E-state index < -0.39 is 11.4 Å². The van der Waals surface area contributed by atoms with Gasteiger partial charge in [-0.15, -0.1) is 0 Å². The number of hydrogen-bond donors (Lipinski definition) is 0. The average molecular weight is 257 g/mol. The number of Topliss-reactive ketones (excluding diaryl/α,β-unsaturated/α-hetero) is 1. The summed E-state index contributed by atoms with van der Waals surface area (Å²) >= 11 is 0. The lowest BCUT2D eigenvalue weighted by Crippen LogP contribution is -2.43. The van der Waals surface area contributed by atoms with E-state index in [0.717, 1.165) is 12.8 Å². The quantitative estimate of drug-likeness (QED) is 0.494. The lowest BCUT2D eigenvalue weighted by atomic mass is 9.87. The second-order valence-electron chi connectivity index (χ2n) is 5.32. The van der Waals surface area contributed by atoms with E-state index in [1.807, 2.05) is 11.9 Å². The van der Waals surface area contributed by atoms with Crippen LogP contribution in [0.15, 0.2) is 0 Å². The van der Waals surface area contributed by atoms with Crippen LogP contribution in [0.1, 0.15) is 47.5 Å². The molecule has 0 aliphatic carbocycles. The van der Waals surface area contributed by atoms with Gasteiger partial charge in [0.25, 0.3) is 0 Å². The maximum Gasteiger partial charge on any atom is 0.319 e. The van der Waals surface area contributed by atoms with Gasteiger partial charge in [-0.2, -0.15) is 0 Å². The van der Waals surface area contributed by atoms with Gasteiger partial charge < -0.3 is 4.74 Å². The molecule has 0 heterocycles. The van der Waals surface area contributed by atoms with Gasteiger partial charge in [0.2, 0.25) is 0 Å². The number of ether oxygens (including phenoxy) is 1. The Kier molecular flexibility index (Phi) is 7.14. The summed E-state index contributed by atoms with van der Waals surface area (Å²) in [7, 11) is 1.92. The lowest BCUT2D eigenvalue weighted by Gasteiger charge is -2.28. The summed E-state index contributed by atoms with van der Waals surface area (Å²) in [6, 6.07) is 0.344. The van der Waals surface area contributed by atoms with Crippen LogP contribution >= 0.6 is 0 Å². The van der Waals surface area contributed by atoms with Gasteiger partial charge in [-0.05, 0) is 41.2 Å². The molecule has 106 valence electrons. The number of carbonyl (C=O) groups is 2. The molecule has 0 aromatic heterocycles. The molecule has 0 aromatic carbocycles. The van der Waals surface area contributed by atoms with Crippen molar-refractivity contribution >= 4 is 11.8 Å². The molecule has 1 atom stereocenters. The predicted octanol–water partition coefficient (Wildman–Crippen LogP) is 2.27. The summed E-state index contributed by atoms with van der Waals surface area (Å²) in [5.74, 6) is -0.530. The summed E-state index contributed by atoms with van der Waals surface area (Å²) in [6.07, 6.45) is 2.13. The first-order valence-corrected chi connectivity index (χ1v) is 6.68. The fourth-order valence-corrected chi connectivity index (χ4v) is 1.64. The Morgan fingerprint density at radius 1 is 1.28 bits per heavy atom. The summed E-state index contributed by atoms with van der Waals surface area (Å²) < 4.78 is 4.94. The summed E-state index contributed by atoms with van der Waals surface area (Å²) in [6.45, 7) is 9.80. The Labute approximate surface area is 111 Å². The fraction of sp³-hybridized carbons (Fsp3) is 0.857. The van der Waals surface area contributed by atoms with Gasteiger partial charge in [-0.25, -0.2) is 0 Å². The van der Waals surface area contributed by atoms with Gasteiger partial charge in [0.15, 0.2) is 5.78 Å². The van der Waals surface area contributed by atoms with Gasteiger partial charge >= 0.3 is 5.97 Å². The first kappa shape index (κ1) is 17.1. The highest BCUT2D eigenvalue weighted by Crippen LogP contribution is 2.20. The van der Waals surface area contributed by atoms with Crippen LogP contribution in [0, 0.1) is 5.41 Å². The predicted molar refractivity (Wildman–Crippen MR) is 72.4 cm³/mol. The van der Waals surface area contributed by atoms with Crippen molar-refractivity contribution in [1.29, 1.82) is 0 Å². The zero-order valence-electron chi connectivity index (χ0n) is 12.6. The van der Waals surface area contributed by atoms with Crippen molar-refractivity contribution in [2.24, 2.45) is 5.41 Å². The Morgan fingerprint density at radius 2 is 1.83 bits per heavy atom. The van der Waals surface area contributed by atoms with Crippen molar-refractivity contribution in [3.8, 4) is 0 Å². The minimum absolute atomic E-state index is 0.0913. The van der Waals surface area contributed by atoms with Crippen molar-refractivity contribution < 1.29 is 14.3 Å². The molecule has 4 nitrogen and oxygen atoms in total. The molecule has 0 saturated carbocycles. The van der Waals surface area contributed by atoms with Crippen molar-refractivity contribution in [2.75, 3.05) is 20.2 Å². The smallest absolute Gasteiger partial charge is 0.319 e. The van der Waals surface area contributed by atoms with Gasteiger partial charge in [-0.3, -0.25) is 14.5 Å². The fourth-order valence-electron chi connectivity index (χ4n) is 1.64. The monoisotopic (exact) mass is 257 g/mol. The Hall–Kier alpha value is -0.900. The molecule has 0 aliphatic rings. The SMILES string of the molecule is CCCC(C)N(C)CC(=O)C(C)(C)C(=O)OCC. The molecule has 0 aliphatic heterocycles. The molecule has 0 amide bonds. The van der Waals surface area contributed by atoms with Crippen LogP contribution < -0.4 is 0 Å². The van der Waals surface area contributed by atoms with Crippen LogP contribution in [0.3, 0.4) is 0 Å². The number of nitrogens with zero attached hydrogens (tertiary/aromatic N) is 1. The third kappa shape index (κ3) is 4.77. The normalized spacial score (nSPS) is 13.5. The van der Waals surface area contributed by atoms with Crippen molar-refractivity contribution in [3.05, 3.63) is 0 Å². The molecule has 0 spiro atoms.